The van der Waals surface area contributed by atoms with Crippen LogP contribution >= 0.6 is 11.6 Å². The second kappa shape index (κ2) is 8.54. The van der Waals surface area contributed by atoms with Gasteiger partial charge >= 0.3 is 0 Å². The number of amides is 2. The van der Waals surface area contributed by atoms with Gasteiger partial charge in [0.1, 0.15) is 6.42 Å². The third kappa shape index (κ3) is 5.85. The first-order valence-corrected chi connectivity index (χ1v) is 7.88. The number of hydrogen-bond acceptors (Lipinski definition) is 3. The molecule has 5 nitrogen and oxygen atoms in total. The number of halogens is 1. The van der Waals surface area contributed by atoms with Gasteiger partial charge in [0.05, 0.1) is 6.21 Å². The molecule has 0 saturated heterocycles. The van der Waals surface area contributed by atoms with E-state index in [9.17, 15) is 9.59 Å². The summed E-state index contributed by atoms with van der Waals surface area (Å²) < 4.78 is 0. The lowest BCUT2D eigenvalue weighted by molar-refractivity contribution is -0.129. The van der Waals surface area contributed by atoms with Gasteiger partial charge in [-0.1, -0.05) is 43.0 Å². The summed E-state index contributed by atoms with van der Waals surface area (Å²) in [6, 6.07) is 7.26. The van der Waals surface area contributed by atoms with Crippen LogP contribution in [0.3, 0.4) is 0 Å². The second-order valence-electron chi connectivity index (χ2n) is 5.42. The molecule has 1 saturated carbocycles. The van der Waals surface area contributed by atoms with Gasteiger partial charge in [-0.3, -0.25) is 9.59 Å². The standard InChI is InChI=1S/C16H20ClN3O2/c17-13-8-6-12(7-9-13)11-18-20-16(22)10-15(21)19-14-4-2-1-3-5-14/h6-9,11,14H,1-5,10H2,(H,19,21)(H,20,22)/b18-11-. The molecule has 2 rings (SSSR count). The lowest BCUT2D eigenvalue weighted by Gasteiger charge is -2.22. The van der Waals surface area contributed by atoms with E-state index in [1.54, 1.807) is 24.3 Å². The molecule has 1 aromatic carbocycles. The molecule has 0 bridgehead atoms. The third-order valence-electron chi connectivity index (χ3n) is 3.56. The van der Waals surface area contributed by atoms with Crippen molar-refractivity contribution >= 4 is 29.6 Å². The fourth-order valence-electron chi connectivity index (χ4n) is 2.44. The Balaban J connectivity index is 1.70. The van der Waals surface area contributed by atoms with E-state index in [-0.39, 0.29) is 18.4 Å². The van der Waals surface area contributed by atoms with Gasteiger partial charge < -0.3 is 5.32 Å². The molecule has 0 atom stereocenters. The van der Waals surface area contributed by atoms with Crippen molar-refractivity contribution in [2.45, 2.75) is 44.6 Å². The summed E-state index contributed by atoms with van der Waals surface area (Å²) in [6.07, 6.45) is 6.82. The summed E-state index contributed by atoms with van der Waals surface area (Å²) in [6.45, 7) is 0. The molecule has 1 aromatic rings. The first kappa shape index (κ1) is 16.5. The predicted molar refractivity (Wildman–Crippen MR) is 86.8 cm³/mol. The van der Waals surface area contributed by atoms with Gasteiger partial charge in [-0.2, -0.15) is 5.10 Å². The highest BCUT2D eigenvalue weighted by Gasteiger charge is 2.17. The van der Waals surface area contributed by atoms with E-state index in [4.69, 9.17) is 11.6 Å². The molecule has 6 heteroatoms. The number of hydrazone groups is 1. The SMILES string of the molecule is O=C(CC(=O)NC1CCCCC1)N/N=C\c1ccc(Cl)cc1. The number of carbonyl (C=O) groups excluding carboxylic acids is 2. The smallest absolute Gasteiger partial charge is 0.249 e. The van der Waals surface area contributed by atoms with Crippen molar-refractivity contribution in [3.63, 3.8) is 0 Å². The van der Waals surface area contributed by atoms with E-state index >= 15 is 0 Å². The van der Waals surface area contributed by atoms with Gasteiger partial charge in [0.2, 0.25) is 11.8 Å². The van der Waals surface area contributed by atoms with Crippen molar-refractivity contribution in [3.8, 4) is 0 Å². The van der Waals surface area contributed by atoms with Crippen LogP contribution in [0.5, 0.6) is 0 Å². The maximum atomic E-state index is 11.8. The Labute approximate surface area is 135 Å². The summed E-state index contributed by atoms with van der Waals surface area (Å²) in [4.78, 5) is 23.4. The topological polar surface area (TPSA) is 70.6 Å². The molecule has 22 heavy (non-hydrogen) atoms. The van der Waals surface area contributed by atoms with E-state index < -0.39 is 5.91 Å². The van der Waals surface area contributed by atoms with Crippen molar-refractivity contribution < 1.29 is 9.59 Å². The monoisotopic (exact) mass is 321 g/mol. The molecule has 0 radical (unpaired) electrons. The average Bonchev–Trinajstić information content (AvgIpc) is 2.50. The van der Waals surface area contributed by atoms with Crippen molar-refractivity contribution in [1.29, 1.82) is 0 Å². The van der Waals surface area contributed by atoms with Crippen LogP contribution < -0.4 is 10.7 Å². The third-order valence-corrected chi connectivity index (χ3v) is 3.82. The number of nitrogens with one attached hydrogen (secondary N) is 2. The number of benzene rings is 1. The number of hydrogen-bond donors (Lipinski definition) is 2. The minimum absolute atomic E-state index is 0.200. The molecule has 2 amide bonds. The minimum Gasteiger partial charge on any atom is -0.353 e. The molecule has 1 aliphatic rings. The Morgan fingerprint density at radius 1 is 1.14 bits per heavy atom. The summed E-state index contributed by atoms with van der Waals surface area (Å²) in [7, 11) is 0. The molecule has 0 spiro atoms. The van der Waals surface area contributed by atoms with Crippen LogP contribution in [0.15, 0.2) is 29.4 Å². The molecular formula is C16H20ClN3O2. The summed E-state index contributed by atoms with van der Waals surface area (Å²) in [5.41, 5.74) is 3.17. The molecule has 118 valence electrons. The molecule has 0 unspecified atom stereocenters. The van der Waals surface area contributed by atoms with Gasteiger partial charge in [0, 0.05) is 11.1 Å². The predicted octanol–water partition coefficient (Wildman–Crippen LogP) is 2.63. The average molecular weight is 322 g/mol. The number of rotatable bonds is 5. The molecule has 0 aromatic heterocycles. The molecule has 1 fully saturated rings. The van der Waals surface area contributed by atoms with Crippen molar-refractivity contribution in [2.75, 3.05) is 0 Å². The summed E-state index contributed by atoms with van der Waals surface area (Å²) >= 11 is 5.77. The fraction of sp³-hybridized carbons (Fsp3) is 0.438. The summed E-state index contributed by atoms with van der Waals surface area (Å²) in [5.74, 6) is -0.662. The van der Waals surface area contributed by atoms with E-state index in [0.717, 1.165) is 31.2 Å². The van der Waals surface area contributed by atoms with E-state index in [1.165, 1.54) is 12.6 Å². The first-order valence-electron chi connectivity index (χ1n) is 7.50. The molecule has 2 N–H and O–H groups in total. The molecule has 0 aliphatic heterocycles. The molecule has 1 aliphatic carbocycles. The Bertz CT molecular complexity index is 537. The lowest BCUT2D eigenvalue weighted by atomic mass is 9.95. The number of nitrogens with zero attached hydrogens (tertiary/aromatic N) is 1. The molecule has 0 heterocycles. The second-order valence-corrected chi connectivity index (χ2v) is 5.86. The Kier molecular flexibility index (Phi) is 6.40. The largest absolute Gasteiger partial charge is 0.353 e. The zero-order valence-electron chi connectivity index (χ0n) is 12.3. The van der Waals surface area contributed by atoms with Crippen molar-refractivity contribution in [3.05, 3.63) is 34.9 Å². The van der Waals surface area contributed by atoms with Crippen LogP contribution in [0.4, 0.5) is 0 Å². The highest BCUT2D eigenvalue weighted by Crippen LogP contribution is 2.17. The fourth-order valence-corrected chi connectivity index (χ4v) is 2.56. The van der Waals surface area contributed by atoms with Gasteiger partial charge in [-0.15, -0.1) is 0 Å². The van der Waals surface area contributed by atoms with E-state index in [2.05, 4.69) is 15.8 Å². The van der Waals surface area contributed by atoms with Crippen LogP contribution in [0.2, 0.25) is 5.02 Å². The van der Waals surface area contributed by atoms with Crippen LogP contribution in [0.1, 0.15) is 44.1 Å². The van der Waals surface area contributed by atoms with E-state index in [0.29, 0.717) is 5.02 Å². The maximum absolute atomic E-state index is 11.8. The van der Waals surface area contributed by atoms with Crippen LogP contribution in [-0.4, -0.2) is 24.1 Å². The van der Waals surface area contributed by atoms with Crippen LogP contribution in [-0.2, 0) is 9.59 Å². The Morgan fingerprint density at radius 2 is 1.82 bits per heavy atom. The van der Waals surface area contributed by atoms with Gasteiger partial charge in [-0.05, 0) is 30.5 Å². The normalized spacial score (nSPS) is 15.7. The zero-order chi connectivity index (χ0) is 15.8. The Hall–Kier alpha value is -1.88. The quantitative estimate of drug-likeness (QED) is 0.497. The van der Waals surface area contributed by atoms with Gasteiger partial charge in [-0.25, -0.2) is 5.43 Å². The summed E-state index contributed by atoms with van der Waals surface area (Å²) in [5, 5.41) is 7.36. The van der Waals surface area contributed by atoms with Crippen molar-refractivity contribution in [2.24, 2.45) is 5.10 Å². The highest BCUT2D eigenvalue weighted by atomic mass is 35.5. The van der Waals surface area contributed by atoms with Gasteiger partial charge in [0.15, 0.2) is 0 Å². The number of carbonyl (C=O) groups is 2. The van der Waals surface area contributed by atoms with Crippen LogP contribution in [0.25, 0.3) is 0 Å². The minimum atomic E-state index is -0.418. The van der Waals surface area contributed by atoms with Crippen molar-refractivity contribution in [1.82, 2.24) is 10.7 Å². The first-order chi connectivity index (χ1) is 10.6. The lowest BCUT2D eigenvalue weighted by Crippen LogP contribution is -2.38. The molecular weight excluding hydrogens is 302 g/mol. The maximum Gasteiger partial charge on any atom is 0.249 e. The Morgan fingerprint density at radius 3 is 2.50 bits per heavy atom. The van der Waals surface area contributed by atoms with Gasteiger partial charge in [0.25, 0.3) is 0 Å². The van der Waals surface area contributed by atoms with E-state index in [1.807, 2.05) is 0 Å². The highest BCUT2D eigenvalue weighted by molar-refractivity contribution is 6.30. The zero-order valence-corrected chi connectivity index (χ0v) is 13.1. The van der Waals surface area contributed by atoms with Crippen LogP contribution in [0, 0.1) is 0 Å².